The van der Waals surface area contributed by atoms with Crippen molar-refractivity contribution in [2.75, 3.05) is 0 Å². The summed E-state index contributed by atoms with van der Waals surface area (Å²) >= 11 is 0. The first-order valence-corrected chi connectivity index (χ1v) is 5.55. The Bertz CT molecular complexity index is 715. The second-order valence-electron chi connectivity index (χ2n) is 3.87. The second kappa shape index (κ2) is 4.37. The maximum absolute atomic E-state index is 11.3. The van der Waals surface area contributed by atoms with Gasteiger partial charge in [-0.05, 0) is 6.07 Å². The van der Waals surface area contributed by atoms with Crippen LogP contribution in [0, 0.1) is 0 Å². The van der Waals surface area contributed by atoms with Crippen molar-refractivity contribution in [2.24, 2.45) is 5.73 Å². The number of nitrogens with one attached hydrogen (secondary N) is 1. The average molecular weight is 254 g/mol. The molecule has 3 aromatic rings. The van der Waals surface area contributed by atoms with Gasteiger partial charge in [-0.1, -0.05) is 18.2 Å². The molecule has 0 bridgehead atoms. The van der Waals surface area contributed by atoms with Crippen molar-refractivity contribution in [1.29, 1.82) is 0 Å². The lowest BCUT2D eigenvalue weighted by Gasteiger charge is -2.08. The molecule has 0 aliphatic rings. The number of carbonyl (C=O) groups is 1. The topological polar surface area (TPSA) is 102 Å². The molecule has 0 aliphatic heterocycles. The Morgan fingerprint density at radius 2 is 2.11 bits per heavy atom. The van der Waals surface area contributed by atoms with Gasteiger partial charge in [0.2, 0.25) is 0 Å². The highest BCUT2D eigenvalue weighted by atomic mass is 16.1. The number of carbonyl (C=O) groups excluding carboxylic acids is 1. The SMILES string of the molecule is NC(=O)c1n[nH]nc1-c1ccccc1-n1ccnc1. The summed E-state index contributed by atoms with van der Waals surface area (Å²) in [6.45, 7) is 0. The first-order valence-electron chi connectivity index (χ1n) is 5.55. The molecule has 0 aliphatic carbocycles. The van der Waals surface area contributed by atoms with Gasteiger partial charge in [0.15, 0.2) is 5.69 Å². The van der Waals surface area contributed by atoms with Gasteiger partial charge in [-0.25, -0.2) is 4.98 Å². The first kappa shape index (κ1) is 11.1. The van der Waals surface area contributed by atoms with Gasteiger partial charge in [0.25, 0.3) is 5.91 Å². The van der Waals surface area contributed by atoms with E-state index in [0.29, 0.717) is 5.69 Å². The van der Waals surface area contributed by atoms with Gasteiger partial charge in [-0.15, -0.1) is 0 Å². The number of para-hydroxylation sites is 1. The van der Waals surface area contributed by atoms with Crippen molar-refractivity contribution in [2.45, 2.75) is 0 Å². The summed E-state index contributed by atoms with van der Waals surface area (Å²) in [6, 6.07) is 7.49. The molecule has 0 saturated heterocycles. The summed E-state index contributed by atoms with van der Waals surface area (Å²) in [5.74, 6) is -0.621. The second-order valence-corrected chi connectivity index (χ2v) is 3.87. The number of rotatable bonds is 3. The molecule has 3 N–H and O–H groups in total. The Hall–Kier alpha value is -2.96. The van der Waals surface area contributed by atoms with E-state index < -0.39 is 5.91 Å². The zero-order chi connectivity index (χ0) is 13.2. The number of H-pyrrole nitrogens is 1. The minimum absolute atomic E-state index is 0.118. The minimum atomic E-state index is -0.621. The number of nitrogens with zero attached hydrogens (tertiary/aromatic N) is 4. The Balaban J connectivity index is 2.21. The molecule has 2 heterocycles. The van der Waals surface area contributed by atoms with E-state index >= 15 is 0 Å². The van der Waals surface area contributed by atoms with Gasteiger partial charge in [-0.3, -0.25) is 4.79 Å². The lowest BCUT2D eigenvalue weighted by atomic mass is 10.1. The van der Waals surface area contributed by atoms with Crippen LogP contribution in [0.5, 0.6) is 0 Å². The summed E-state index contributed by atoms with van der Waals surface area (Å²) in [6.07, 6.45) is 5.15. The number of nitrogens with two attached hydrogens (primary N) is 1. The summed E-state index contributed by atoms with van der Waals surface area (Å²) < 4.78 is 1.83. The molecule has 7 nitrogen and oxygen atoms in total. The summed E-state index contributed by atoms with van der Waals surface area (Å²) in [5, 5.41) is 10.2. The molecule has 19 heavy (non-hydrogen) atoms. The zero-order valence-corrected chi connectivity index (χ0v) is 9.82. The molecule has 0 radical (unpaired) electrons. The van der Waals surface area contributed by atoms with E-state index in [1.165, 1.54) is 0 Å². The fourth-order valence-corrected chi connectivity index (χ4v) is 1.89. The standard InChI is InChI=1S/C12H10N6O/c13-12(19)11-10(15-17-16-11)8-3-1-2-4-9(8)18-6-5-14-7-18/h1-7H,(H2,13,19)(H,15,16,17). The largest absolute Gasteiger partial charge is 0.364 e. The van der Waals surface area contributed by atoms with Crippen LogP contribution >= 0.6 is 0 Å². The van der Waals surface area contributed by atoms with Crippen molar-refractivity contribution in [3.05, 3.63) is 48.7 Å². The van der Waals surface area contributed by atoms with Gasteiger partial charge in [0.1, 0.15) is 5.69 Å². The smallest absolute Gasteiger partial charge is 0.271 e. The van der Waals surface area contributed by atoms with Gasteiger partial charge in [0.05, 0.1) is 12.0 Å². The summed E-state index contributed by atoms with van der Waals surface area (Å²) in [5.41, 5.74) is 7.43. The van der Waals surface area contributed by atoms with E-state index in [1.54, 1.807) is 12.5 Å². The Morgan fingerprint density at radius 1 is 1.26 bits per heavy atom. The number of hydrogen-bond acceptors (Lipinski definition) is 4. The van der Waals surface area contributed by atoms with E-state index in [-0.39, 0.29) is 5.69 Å². The van der Waals surface area contributed by atoms with Crippen LogP contribution in [-0.4, -0.2) is 30.9 Å². The lowest BCUT2D eigenvalue weighted by molar-refractivity contribution is 0.0996. The number of amides is 1. The molecule has 7 heteroatoms. The van der Waals surface area contributed by atoms with E-state index in [1.807, 2.05) is 35.0 Å². The molecule has 0 atom stereocenters. The number of benzene rings is 1. The monoisotopic (exact) mass is 254 g/mol. The highest BCUT2D eigenvalue weighted by Crippen LogP contribution is 2.26. The van der Waals surface area contributed by atoms with Crippen LogP contribution in [0.1, 0.15) is 10.5 Å². The van der Waals surface area contributed by atoms with Crippen molar-refractivity contribution in [3.63, 3.8) is 0 Å². The Kier molecular flexibility index (Phi) is 2.57. The number of hydrogen-bond donors (Lipinski definition) is 2. The van der Waals surface area contributed by atoms with Crippen LogP contribution in [0.2, 0.25) is 0 Å². The molecular weight excluding hydrogens is 244 g/mol. The summed E-state index contributed by atoms with van der Waals surface area (Å²) in [7, 11) is 0. The molecule has 3 rings (SSSR count). The van der Waals surface area contributed by atoms with Gasteiger partial charge < -0.3 is 10.3 Å². The maximum Gasteiger partial charge on any atom is 0.271 e. The first-order chi connectivity index (χ1) is 9.27. The molecule has 0 fully saturated rings. The van der Waals surface area contributed by atoms with E-state index in [2.05, 4.69) is 20.4 Å². The third kappa shape index (κ3) is 1.86. The van der Waals surface area contributed by atoms with Gasteiger partial charge in [-0.2, -0.15) is 15.4 Å². The number of primary amides is 1. The van der Waals surface area contributed by atoms with Crippen LogP contribution in [0.25, 0.3) is 16.9 Å². The molecule has 0 unspecified atom stereocenters. The molecule has 0 spiro atoms. The van der Waals surface area contributed by atoms with Crippen molar-refractivity contribution in [1.82, 2.24) is 25.0 Å². The van der Waals surface area contributed by atoms with Crippen molar-refractivity contribution in [3.8, 4) is 16.9 Å². The van der Waals surface area contributed by atoms with Crippen LogP contribution < -0.4 is 5.73 Å². The van der Waals surface area contributed by atoms with Crippen LogP contribution in [-0.2, 0) is 0 Å². The minimum Gasteiger partial charge on any atom is -0.364 e. The summed E-state index contributed by atoms with van der Waals surface area (Å²) in [4.78, 5) is 15.3. The van der Waals surface area contributed by atoms with Crippen molar-refractivity contribution < 1.29 is 4.79 Å². The highest BCUT2D eigenvalue weighted by molar-refractivity contribution is 5.97. The molecule has 2 aromatic heterocycles. The Morgan fingerprint density at radius 3 is 2.84 bits per heavy atom. The quantitative estimate of drug-likeness (QED) is 0.720. The van der Waals surface area contributed by atoms with E-state index in [4.69, 9.17) is 5.73 Å². The molecule has 1 aromatic carbocycles. The lowest BCUT2D eigenvalue weighted by Crippen LogP contribution is -2.13. The number of aromatic amines is 1. The fourth-order valence-electron chi connectivity index (χ4n) is 1.89. The third-order valence-electron chi connectivity index (χ3n) is 2.72. The predicted octanol–water partition coefficient (Wildman–Crippen LogP) is 0.756. The number of imidazole rings is 1. The molecule has 0 saturated carbocycles. The highest BCUT2D eigenvalue weighted by Gasteiger charge is 2.18. The van der Waals surface area contributed by atoms with Crippen LogP contribution in [0.4, 0.5) is 0 Å². The maximum atomic E-state index is 11.3. The van der Waals surface area contributed by atoms with Crippen molar-refractivity contribution >= 4 is 5.91 Å². The third-order valence-corrected chi connectivity index (χ3v) is 2.72. The normalized spacial score (nSPS) is 10.5. The number of aromatic nitrogens is 5. The predicted molar refractivity (Wildman–Crippen MR) is 67.5 cm³/mol. The molecular formula is C12H10N6O. The van der Waals surface area contributed by atoms with E-state index in [0.717, 1.165) is 11.3 Å². The molecule has 1 amide bonds. The fraction of sp³-hybridized carbons (Fsp3) is 0. The zero-order valence-electron chi connectivity index (χ0n) is 9.82. The van der Waals surface area contributed by atoms with Gasteiger partial charge >= 0.3 is 0 Å². The van der Waals surface area contributed by atoms with Crippen LogP contribution in [0.3, 0.4) is 0 Å². The van der Waals surface area contributed by atoms with Gasteiger partial charge in [0, 0.05) is 18.0 Å². The van der Waals surface area contributed by atoms with Crippen LogP contribution in [0.15, 0.2) is 43.0 Å². The molecule has 94 valence electrons. The Labute approximate surface area is 108 Å². The average Bonchev–Trinajstić information content (AvgIpc) is 3.10. The van der Waals surface area contributed by atoms with E-state index in [9.17, 15) is 4.79 Å².